The van der Waals surface area contributed by atoms with E-state index >= 15 is 0 Å². The molecule has 2 aromatic carbocycles. The Bertz CT molecular complexity index is 1040. The molecule has 1 fully saturated rings. The van der Waals surface area contributed by atoms with Crippen molar-refractivity contribution in [1.29, 1.82) is 0 Å². The molecule has 0 saturated carbocycles. The van der Waals surface area contributed by atoms with Crippen LogP contribution >= 0.6 is 0 Å². The minimum Gasteiger partial charge on any atom is -0.406 e. The Morgan fingerprint density at radius 2 is 1.81 bits per heavy atom. The molecule has 0 aliphatic carbocycles. The summed E-state index contributed by atoms with van der Waals surface area (Å²) in [6.07, 6.45) is -4.81. The van der Waals surface area contributed by atoms with Gasteiger partial charge in [0.1, 0.15) is 5.75 Å². The molecule has 0 amide bonds. The average Bonchev–Trinajstić information content (AvgIpc) is 3.34. The number of ether oxygens (including phenoxy) is 1. The van der Waals surface area contributed by atoms with Crippen LogP contribution in [-0.2, 0) is 6.54 Å². The lowest BCUT2D eigenvalue weighted by Crippen LogP contribution is -2.24. The minimum absolute atomic E-state index is 0.257. The third-order valence-electron chi connectivity index (χ3n) is 5.29. The lowest BCUT2D eigenvalue weighted by molar-refractivity contribution is -0.274. The number of likely N-dealkylation sites (tertiary alicyclic amines) is 1. The van der Waals surface area contributed by atoms with Crippen molar-refractivity contribution in [2.45, 2.75) is 31.5 Å². The third kappa shape index (κ3) is 5.20. The van der Waals surface area contributed by atoms with Crippen LogP contribution in [0.1, 0.15) is 23.9 Å². The van der Waals surface area contributed by atoms with Crippen molar-refractivity contribution in [3.05, 3.63) is 60.0 Å². The predicted octanol–water partition coefficient (Wildman–Crippen LogP) is 4.01. The zero-order valence-electron chi connectivity index (χ0n) is 17.6. The maximum atomic E-state index is 12.3. The van der Waals surface area contributed by atoms with Crippen LogP contribution in [-0.4, -0.2) is 53.3 Å². The highest BCUT2D eigenvalue weighted by molar-refractivity contribution is 5.55. The summed E-state index contributed by atoms with van der Waals surface area (Å²) in [4.78, 5) is 8.53. The van der Waals surface area contributed by atoms with Gasteiger partial charge in [0.15, 0.2) is 0 Å². The first-order valence-electron chi connectivity index (χ1n) is 10.1. The smallest absolute Gasteiger partial charge is 0.406 e. The van der Waals surface area contributed by atoms with Crippen molar-refractivity contribution in [3.8, 4) is 17.1 Å². The molecule has 1 saturated heterocycles. The van der Waals surface area contributed by atoms with Gasteiger partial charge in [0.05, 0.1) is 12.1 Å². The zero-order valence-corrected chi connectivity index (χ0v) is 17.6. The molecule has 2 unspecified atom stereocenters. The Hall–Kier alpha value is -3.11. The van der Waals surface area contributed by atoms with Crippen molar-refractivity contribution in [1.82, 2.24) is 15.0 Å². The molecular formula is C22H23F3N4O3. The zero-order chi connectivity index (χ0) is 22.9. The summed E-state index contributed by atoms with van der Waals surface area (Å²) < 4.78 is 46.3. The molecule has 3 aromatic rings. The van der Waals surface area contributed by atoms with Gasteiger partial charge in [0.2, 0.25) is 11.7 Å². The van der Waals surface area contributed by atoms with E-state index in [-0.39, 0.29) is 17.6 Å². The van der Waals surface area contributed by atoms with Gasteiger partial charge in [-0.2, -0.15) is 4.98 Å². The Balaban J connectivity index is 1.48. The quantitative estimate of drug-likeness (QED) is 0.611. The van der Waals surface area contributed by atoms with Crippen LogP contribution < -0.4 is 9.64 Å². The second kappa shape index (κ2) is 8.79. The van der Waals surface area contributed by atoms with Crippen molar-refractivity contribution in [2.24, 2.45) is 0 Å². The molecule has 0 spiro atoms. The first-order valence-corrected chi connectivity index (χ1v) is 10.1. The number of aliphatic hydroxyl groups is 1. The molecular weight excluding hydrogens is 425 g/mol. The van der Waals surface area contributed by atoms with Crippen LogP contribution in [0, 0.1) is 0 Å². The first kappa shape index (κ1) is 22.1. The standard InChI is InChI=1S/C22H23F3N4O3/c1-28(2)16-7-3-14(4-8-16)12-29-13-17(30)11-19(29)21-26-20(27-32-21)15-5-9-18(10-6-15)31-22(23,24)25/h3-10,17,19,30H,11-13H2,1-2H3. The van der Waals surface area contributed by atoms with Gasteiger partial charge in [-0.15, -0.1) is 13.2 Å². The number of hydrogen-bond donors (Lipinski definition) is 1. The monoisotopic (exact) mass is 448 g/mol. The van der Waals surface area contributed by atoms with E-state index in [4.69, 9.17) is 4.52 Å². The SMILES string of the molecule is CN(C)c1ccc(CN2CC(O)CC2c2nc(-c3ccc(OC(F)(F)F)cc3)no2)cc1. The average molecular weight is 448 g/mol. The molecule has 2 heterocycles. The minimum atomic E-state index is -4.75. The molecule has 7 nitrogen and oxygen atoms in total. The summed E-state index contributed by atoms with van der Waals surface area (Å²) in [6, 6.07) is 13.2. The van der Waals surface area contributed by atoms with Crippen LogP contribution in [0.4, 0.5) is 18.9 Å². The number of alkyl halides is 3. The van der Waals surface area contributed by atoms with E-state index in [1.165, 1.54) is 24.3 Å². The Morgan fingerprint density at radius 3 is 2.44 bits per heavy atom. The lowest BCUT2D eigenvalue weighted by atomic mass is 10.1. The normalized spacial score (nSPS) is 19.3. The fourth-order valence-electron chi connectivity index (χ4n) is 3.74. The van der Waals surface area contributed by atoms with E-state index in [1.807, 2.05) is 43.3 Å². The number of aromatic nitrogens is 2. The highest BCUT2D eigenvalue weighted by Crippen LogP contribution is 2.34. The molecule has 32 heavy (non-hydrogen) atoms. The summed E-state index contributed by atoms with van der Waals surface area (Å²) in [5, 5.41) is 14.2. The molecule has 0 bridgehead atoms. The van der Waals surface area contributed by atoms with Crippen molar-refractivity contribution < 1.29 is 27.5 Å². The highest BCUT2D eigenvalue weighted by atomic mass is 19.4. The lowest BCUT2D eigenvalue weighted by Gasteiger charge is -2.21. The molecule has 0 radical (unpaired) electrons. The second-order valence-electron chi connectivity index (χ2n) is 7.92. The number of hydrogen-bond acceptors (Lipinski definition) is 7. The molecule has 2 atom stereocenters. The number of rotatable bonds is 6. The van der Waals surface area contributed by atoms with Crippen LogP contribution in [0.15, 0.2) is 53.1 Å². The van der Waals surface area contributed by atoms with Gasteiger partial charge in [0.25, 0.3) is 0 Å². The molecule has 1 aromatic heterocycles. The second-order valence-corrected chi connectivity index (χ2v) is 7.92. The van der Waals surface area contributed by atoms with E-state index in [1.54, 1.807) is 0 Å². The Kier molecular flexibility index (Phi) is 6.07. The third-order valence-corrected chi connectivity index (χ3v) is 5.29. The number of β-amino-alcohol motifs (C(OH)–C–C–N with tert-alkyl or cyclic N) is 1. The first-order chi connectivity index (χ1) is 15.2. The summed E-state index contributed by atoms with van der Waals surface area (Å²) in [6.45, 7) is 1.08. The van der Waals surface area contributed by atoms with Gasteiger partial charge in [-0.1, -0.05) is 17.3 Å². The van der Waals surface area contributed by atoms with Crippen molar-refractivity contribution in [3.63, 3.8) is 0 Å². The maximum Gasteiger partial charge on any atom is 0.573 e. The van der Waals surface area contributed by atoms with Gasteiger partial charge in [-0.25, -0.2) is 0 Å². The summed E-state index contributed by atoms with van der Waals surface area (Å²) in [7, 11) is 3.96. The molecule has 1 N–H and O–H groups in total. The summed E-state index contributed by atoms with van der Waals surface area (Å²) >= 11 is 0. The summed E-state index contributed by atoms with van der Waals surface area (Å²) in [5.74, 6) is 0.294. The fraction of sp³-hybridized carbons (Fsp3) is 0.364. The van der Waals surface area contributed by atoms with Crippen LogP contribution in [0.5, 0.6) is 5.75 Å². The van der Waals surface area contributed by atoms with E-state index < -0.39 is 12.5 Å². The number of halogens is 3. The van der Waals surface area contributed by atoms with E-state index in [2.05, 4.69) is 19.8 Å². The molecule has 170 valence electrons. The van der Waals surface area contributed by atoms with Crippen LogP contribution in [0.3, 0.4) is 0 Å². The topological polar surface area (TPSA) is 74.9 Å². The number of nitrogens with zero attached hydrogens (tertiary/aromatic N) is 4. The van der Waals surface area contributed by atoms with E-state index in [9.17, 15) is 18.3 Å². The van der Waals surface area contributed by atoms with Gasteiger partial charge in [0, 0.05) is 38.4 Å². The van der Waals surface area contributed by atoms with Crippen LogP contribution in [0.25, 0.3) is 11.4 Å². The van der Waals surface area contributed by atoms with Gasteiger partial charge in [-0.3, -0.25) is 4.90 Å². The van der Waals surface area contributed by atoms with Crippen molar-refractivity contribution in [2.75, 3.05) is 25.5 Å². The van der Waals surface area contributed by atoms with E-state index in [0.717, 1.165) is 11.3 Å². The highest BCUT2D eigenvalue weighted by Gasteiger charge is 2.36. The molecule has 10 heteroatoms. The molecule has 1 aliphatic rings. The number of aliphatic hydroxyl groups excluding tert-OH is 1. The fourth-order valence-corrected chi connectivity index (χ4v) is 3.74. The van der Waals surface area contributed by atoms with Crippen LogP contribution in [0.2, 0.25) is 0 Å². The maximum absolute atomic E-state index is 12.3. The molecule has 1 aliphatic heterocycles. The predicted molar refractivity (Wildman–Crippen MR) is 111 cm³/mol. The van der Waals surface area contributed by atoms with Crippen molar-refractivity contribution >= 4 is 5.69 Å². The Morgan fingerprint density at radius 1 is 1.12 bits per heavy atom. The van der Waals surface area contributed by atoms with Gasteiger partial charge >= 0.3 is 6.36 Å². The molecule has 4 rings (SSSR count). The van der Waals surface area contributed by atoms with E-state index in [0.29, 0.717) is 31.0 Å². The largest absolute Gasteiger partial charge is 0.573 e. The number of anilines is 1. The summed E-state index contributed by atoms with van der Waals surface area (Å²) in [5.41, 5.74) is 2.69. The Labute approximate surface area is 183 Å². The number of benzene rings is 2. The van der Waals surface area contributed by atoms with Gasteiger partial charge in [-0.05, 0) is 48.4 Å². The van der Waals surface area contributed by atoms with Gasteiger partial charge < -0.3 is 19.3 Å².